The molecule has 0 amide bonds. The van der Waals surface area contributed by atoms with Gasteiger partial charge in [0.15, 0.2) is 0 Å². The fourth-order valence-corrected chi connectivity index (χ4v) is 2.56. The Balaban J connectivity index is 1.90. The van der Waals surface area contributed by atoms with Crippen molar-refractivity contribution in [2.75, 3.05) is 26.2 Å². The third-order valence-corrected chi connectivity index (χ3v) is 3.79. The minimum absolute atomic E-state index is 0.0280. The molecule has 1 heterocycles. The molecule has 1 fully saturated rings. The Hall–Kier alpha value is -1.51. The lowest BCUT2D eigenvalue weighted by molar-refractivity contribution is 0.107. The minimum Gasteiger partial charge on any atom is -0.296 e. The molecule has 0 bridgehead atoms. The van der Waals surface area contributed by atoms with E-state index in [0.29, 0.717) is 12.1 Å². The van der Waals surface area contributed by atoms with Gasteiger partial charge in [-0.3, -0.25) is 9.80 Å². The second-order valence-corrected chi connectivity index (χ2v) is 5.10. The summed E-state index contributed by atoms with van der Waals surface area (Å²) >= 11 is 0. The van der Waals surface area contributed by atoms with Gasteiger partial charge in [0.25, 0.3) is 0 Å². The van der Waals surface area contributed by atoms with Crippen molar-refractivity contribution in [3.05, 3.63) is 35.4 Å². The third kappa shape index (κ3) is 3.53. The summed E-state index contributed by atoms with van der Waals surface area (Å²) in [6.45, 7) is 5.73. The van der Waals surface area contributed by atoms with Gasteiger partial charge in [0.05, 0.1) is 12.1 Å². The highest BCUT2D eigenvalue weighted by Crippen LogP contribution is 2.15. The van der Waals surface area contributed by atoms with Crippen molar-refractivity contribution in [2.24, 2.45) is 0 Å². The van der Waals surface area contributed by atoms with Crippen molar-refractivity contribution in [1.29, 1.82) is 5.26 Å². The second kappa shape index (κ2) is 6.78. The number of hydrogen-bond acceptors (Lipinski definition) is 3. The van der Waals surface area contributed by atoms with Crippen molar-refractivity contribution in [3.8, 4) is 6.07 Å². The fourth-order valence-electron chi connectivity index (χ4n) is 2.56. The van der Waals surface area contributed by atoms with Crippen LogP contribution in [0, 0.1) is 23.0 Å². The Morgan fingerprint density at radius 2 is 1.95 bits per heavy atom. The molecule has 1 aliphatic rings. The van der Waals surface area contributed by atoms with Crippen LogP contribution >= 0.6 is 0 Å². The number of benzene rings is 1. The molecule has 1 unspecified atom stereocenters. The van der Waals surface area contributed by atoms with Gasteiger partial charge in [-0.1, -0.05) is 13.0 Å². The lowest BCUT2D eigenvalue weighted by atomic mass is 10.1. The van der Waals surface area contributed by atoms with E-state index in [2.05, 4.69) is 15.9 Å². The van der Waals surface area contributed by atoms with Gasteiger partial charge in [0, 0.05) is 44.4 Å². The summed E-state index contributed by atoms with van der Waals surface area (Å²) in [6, 6.07) is 5.99. The Kier molecular flexibility index (Phi) is 5.05. The summed E-state index contributed by atoms with van der Waals surface area (Å²) < 4.78 is 26.5. The Labute approximate surface area is 118 Å². The van der Waals surface area contributed by atoms with Gasteiger partial charge in [-0.25, -0.2) is 8.78 Å². The average molecular weight is 279 g/mol. The fraction of sp³-hybridized carbons (Fsp3) is 0.533. The highest BCUT2D eigenvalue weighted by atomic mass is 19.1. The van der Waals surface area contributed by atoms with Gasteiger partial charge < -0.3 is 0 Å². The first-order valence-electron chi connectivity index (χ1n) is 6.94. The van der Waals surface area contributed by atoms with Crippen LogP contribution in [0.25, 0.3) is 0 Å². The predicted molar refractivity (Wildman–Crippen MR) is 72.9 cm³/mol. The van der Waals surface area contributed by atoms with E-state index in [-0.39, 0.29) is 6.04 Å². The van der Waals surface area contributed by atoms with Crippen LogP contribution in [0.1, 0.15) is 18.9 Å². The second-order valence-electron chi connectivity index (χ2n) is 5.10. The summed E-state index contributed by atoms with van der Waals surface area (Å²) in [4.78, 5) is 4.30. The molecule has 0 radical (unpaired) electrons. The number of halogens is 2. The van der Waals surface area contributed by atoms with E-state index in [1.165, 1.54) is 12.1 Å². The zero-order valence-electron chi connectivity index (χ0n) is 11.6. The Morgan fingerprint density at radius 1 is 1.25 bits per heavy atom. The minimum atomic E-state index is -0.545. The number of rotatable bonds is 4. The molecule has 1 saturated heterocycles. The summed E-state index contributed by atoms with van der Waals surface area (Å²) in [5, 5.41) is 9.05. The third-order valence-electron chi connectivity index (χ3n) is 3.79. The highest BCUT2D eigenvalue weighted by Gasteiger charge is 2.22. The Bertz CT molecular complexity index is 490. The average Bonchev–Trinajstić information content (AvgIpc) is 2.45. The number of nitrogens with zero attached hydrogens (tertiary/aromatic N) is 3. The molecule has 0 N–H and O–H groups in total. The number of nitriles is 1. The van der Waals surface area contributed by atoms with Gasteiger partial charge in [-0.2, -0.15) is 5.26 Å². The van der Waals surface area contributed by atoms with Crippen LogP contribution in [0.3, 0.4) is 0 Å². The molecule has 0 aliphatic carbocycles. The molecule has 1 aromatic rings. The van der Waals surface area contributed by atoms with Crippen molar-refractivity contribution in [2.45, 2.75) is 25.9 Å². The summed E-state index contributed by atoms with van der Waals surface area (Å²) in [5.41, 5.74) is 0.521. The molecule has 0 saturated carbocycles. The summed E-state index contributed by atoms with van der Waals surface area (Å²) in [7, 11) is 0. The van der Waals surface area contributed by atoms with Crippen LogP contribution in [-0.2, 0) is 6.54 Å². The van der Waals surface area contributed by atoms with Crippen molar-refractivity contribution >= 4 is 0 Å². The first-order valence-corrected chi connectivity index (χ1v) is 6.94. The maximum atomic E-state index is 13.6. The van der Waals surface area contributed by atoms with Gasteiger partial charge in [0.1, 0.15) is 11.6 Å². The van der Waals surface area contributed by atoms with Crippen molar-refractivity contribution < 1.29 is 8.78 Å². The molecule has 5 heteroatoms. The monoisotopic (exact) mass is 279 g/mol. The molecule has 1 aliphatic heterocycles. The van der Waals surface area contributed by atoms with Gasteiger partial charge in [-0.05, 0) is 12.5 Å². The van der Waals surface area contributed by atoms with E-state index in [4.69, 9.17) is 5.26 Å². The molecule has 1 atom stereocenters. The van der Waals surface area contributed by atoms with E-state index in [9.17, 15) is 8.78 Å². The first-order chi connectivity index (χ1) is 9.63. The van der Waals surface area contributed by atoms with Crippen LogP contribution in [-0.4, -0.2) is 42.0 Å². The molecule has 0 spiro atoms. The van der Waals surface area contributed by atoms with Crippen molar-refractivity contribution in [3.63, 3.8) is 0 Å². The van der Waals surface area contributed by atoms with Crippen LogP contribution in [0.15, 0.2) is 18.2 Å². The normalized spacial score (nSPS) is 18.7. The van der Waals surface area contributed by atoms with E-state index in [1.54, 1.807) is 0 Å². The van der Waals surface area contributed by atoms with Crippen LogP contribution in [0.4, 0.5) is 8.78 Å². The zero-order chi connectivity index (χ0) is 14.5. The smallest absolute Gasteiger partial charge is 0.130 e. The molecular weight excluding hydrogens is 260 g/mol. The maximum Gasteiger partial charge on any atom is 0.130 e. The molecule has 2 rings (SSSR count). The molecule has 1 aromatic carbocycles. The molecule has 20 heavy (non-hydrogen) atoms. The lowest BCUT2D eigenvalue weighted by Gasteiger charge is -2.36. The van der Waals surface area contributed by atoms with Gasteiger partial charge in [-0.15, -0.1) is 0 Å². The van der Waals surface area contributed by atoms with E-state index in [1.807, 2.05) is 6.92 Å². The molecule has 3 nitrogen and oxygen atoms in total. The lowest BCUT2D eigenvalue weighted by Crippen LogP contribution is -2.49. The van der Waals surface area contributed by atoms with Crippen LogP contribution in [0.2, 0.25) is 0 Å². The molecule has 0 aromatic heterocycles. The quantitative estimate of drug-likeness (QED) is 0.847. The SMILES string of the molecule is CCC(C#N)N1CCN(Cc2ccc(F)cc2F)CC1. The van der Waals surface area contributed by atoms with Gasteiger partial charge in [0.2, 0.25) is 0 Å². The van der Waals surface area contributed by atoms with Crippen LogP contribution < -0.4 is 0 Å². The standard InChI is InChI=1S/C15H19F2N3/c1-2-14(10-18)20-7-5-19(6-8-20)11-12-3-4-13(16)9-15(12)17/h3-4,9,14H,2,5-8,11H2,1H3. The largest absolute Gasteiger partial charge is 0.296 e. The highest BCUT2D eigenvalue weighted by molar-refractivity contribution is 5.18. The maximum absolute atomic E-state index is 13.6. The van der Waals surface area contributed by atoms with Gasteiger partial charge >= 0.3 is 0 Å². The van der Waals surface area contributed by atoms with E-state index < -0.39 is 11.6 Å². The number of piperazine rings is 1. The molecule has 108 valence electrons. The molecular formula is C15H19F2N3. The van der Waals surface area contributed by atoms with E-state index >= 15 is 0 Å². The predicted octanol–water partition coefficient (Wildman–Crippen LogP) is 2.38. The zero-order valence-corrected chi connectivity index (χ0v) is 11.6. The number of hydrogen-bond donors (Lipinski definition) is 0. The topological polar surface area (TPSA) is 30.3 Å². The summed E-state index contributed by atoms with van der Waals surface area (Å²) in [6.07, 6.45) is 0.823. The van der Waals surface area contributed by atoms with Crippen molar-refractivity contribution in [1.82, 2.24) is 9.80 Å². The summed E-state index contributed by atoms with van der Waals surface area (Å²) in [5.74, 6) is -1.04. The Morgan fingerprint density at radius 3 is 2.50 bits per heavy atom. The van der Waals surface area contributed by atoms with Crippen LogP contribution in [0.5, 0.6) is 0 Å². The first kappa shape index (κ1) is 14.9. The van der Waals surface area contributed by atoms with E-state index in [0.717, 1.165) is 38.7 Å².